The van der Waals surface area contributed by atoms with Crippen molar-refractivity contribution >= 4 is 10.0 Å². The molecule has 0 aliphatic carbocycles. The second-order valence-corrected chi connectivity index (χ2v) is 6.85. The van der Waals surface area contributed by atoms with Crippen LogP contribution in [0.5, 0.6) is 17.2 Å². The molecule has 0 aliphatic rings. The van der Waals surface area contributed by atoms with Gasteiger partial charge in [-0.25, -0.2) is 13.1 Å². The Morgan fingerprint density at radius 2 is 1.50 bits per heavy atom. The van der Waals surface area contributed by atoms with Crippen molar-refractivity contribution in [2.45, 2.75) is 17.9 Å². The average Bonchev–Trinajstić information content (AvgIpc) is 2.60. The number of benzene rings is 2. The van der Waals surface area contributed by atoms with Gasteiger partial charge in [0, 0.05) is 12.1 Å². The summed E-state index contributed by atoms with van der Waals surface area (Å²) in [4.78, 5) is 0.112. The number of ether oxygens (including phenoxy) is 3. The van der Waals surface area contributed by atoms with E-state index in [1.165, 1.54) is 26.4 Å². The summed E-state index contributed by atoms with van der Waals surface area (Å²) in [6.45, 7) is 1.78. The Labute approximate surface area is 142 Å². The predicted molar refractivity (Wildman–Crippen MR) is 91.3 cm³/mol. The fourth-order valence-electron chi connectivity index (χ4n) is 2.25. The molecule has 0 spiro atoms. The Kier molecular flexibility index (Phi) is 5.69. The van der Waals surface area contributed by atoms with Crippen molar-refractivity contribution < 1.29 is 22.6 Å². The Bertz CT molecular complexity index is 787. The van der Waals surface area contributed by atoms with Crippen LogP contribution in [0.25, 0.3) is 0 Å². The highest BCUT2D eigenvalue weighted by Crippen LogP contribution is 2.30. The maximum atomic E-state index is 12.6. The normalized spacial score (nSPS) is 12.5. The minimum atomic E-state index is -3.70. The van der Waals surface area contributed by atoms with E-state index in [2.05, 4.69) is 4.72 Å². The molecule has 0 amide bonds. The van der Waals surface area contributed by atoms with E-state index in [1.54, 1.807) is 32.2 Å². The molecule has 2 aromatic carbocycles. The lowest BCUT2D eigenvalue weighted by molar-refractivity contribution is 0.354. The number of methoxy groups -OCH3 is 3. The molecule has 0 saturated carbocycles. The van der Waals surface area contributed by atoms with Crippen LogP contribution in [0.2, 0.25) is 0 Å². The fourth-order valence-corrected chi connectivity index (χ4v) is 3.49. The molecular formula is C17H21NO5S. The van der Waals surface area contributed by atoms with E-state index in [0.29, 0.717) is 17.2 Å². The summed E-state index contributed by atoms with van der Waals surface area (Å²) in [7, 11) is 0.840. The summed E-state index contributed by atoms with van der Waals surface area (Å²) in [6.07, 6.45) is 0. The summed E-state index contributed by atoms with van der Waals surface area (Å²) in [6, 6.07) is 11.3. The number of sulfonamides is 1. The van der Waals surface area contributed by atoms with Crippen LogP contribution in [0.1, 0.15) is 18.5 Å². The summed E-state index contributed by atoms with van der Waals surface area (Å²) in [5, 5.41) is 0. The molecule has 24 heavy (non-hydrogen) atoms. The second kappa shape index (κ2) is 7.55. The Hall–Kier alpha value is -2.25. The monoisotopic (exact) mass is 351 g/mol. The van der Waals surface area contributed by atoms with Gasteiger partial charge in [-0.2, -0.15) is 0 Å². The first-order chi connectivity index (χ1) is 11.4. The molecule has 7 heteroatoms. The van der Waals surface area contributed by atoms with E-state index >= 15 is 0 Å². The van der Waals surface area contributed by atoms with Crippen molar-refractivity contribution in [2.75, 3.05) is 21.3 Å². The van der Waals surface area contributed by atoms with Gasteiger partial charge in [0.15, 0.2) is 11.5 Å². The van der Waals surface area contributed by atoms with Crippen LogP contribution in [0.15, 0.2) is 47.4 Å². The Balaban J connectivity index is 2.23. The van der Waals surface area contributed by atoms with Crippen molar-refractivity contribution in [1.29, 1.82) is 0 Å². The lowest BCUT2D eigenvalue weighted by Gasteiger charge is -2.16. The maximum Gasteiger partial charge on any atom is 0.241 e. The molecule has 2 rings (SSSR count). The zero-order valence-electron chi connectivity index (χ0n) is 14.1. The van der Waals surface area contributed by atoms with Crippen LogP contribution >= 0.6 is 0 Å². The molecule has 1 atom stereocenters. The molecule has 0 aromatic heterocycles. The molecular weight excluding hydrogens is 330 g/mol. The van der Waals surface area contributed by atoms with Crippen molar-refractivity contribution in [3.8, 4) is 17.2 Å². The highest BCUT2D eigenvalue weighted by molar-refractivity contribution is 7.89. The molecule has 1 unspecified atom stereocenters. The SMILES string of the molecule is COc1ccc(C(C)NS(=O)(=O)c2ccc(OC)c(OC)c2)cc1. The summed E-state index contributed by atoms with van der Waals surface area (Å²) < 4.78 is 43.2. The Morgan fingerprint density at radius 3 is 2.04 bits per heavy atom. The third kappa shape index (κ3) is 3.98. The molecule has 6 nitrogen and oxygen atoms in total. The molecule has 1 N–H and O–H groups in total. The van der Waals surface area contributed by atoms with Crippen LogP contribution in [0, 0.1) is 0 Å². The zero-order chi connectivity index (χ0) is 17.7. The van der Waals surface area contributed by atoms with E-state index in [-0.39, 0.29) is 4.90 Å². The number of nitrogens with one attached hydrogen (secondary N) is 1. The molecule has 0 saturated heterocycles. The zero-order valence-corrected chi connectivity index (χ0v) is 14.9. The topological polar surface area (TPSA) is 73.9 Å². The summed E-state index contributed by atoms with van der Waals surface area (Å²) >= 11 is 0. The first-order valence-corrected chi connectivity index (χ1v) is 8.78. The lowest BCUT2D eigenvalue weighted by Crippen LogP contribution is -2.26. The summed E-state index contributed by atoms with van der Waals surface area (Å²) in [5.74, 6) is 1.55. The minimum absolute atomic E-state index is 0.112. The average molecular weight is 351 g/mol. The van der Waals surface area contributed by atoms with Gasteiger partial charge in [-0.3, -0.25) is 0 Å². The highest BCUT2D eigenvalue weighted by atomic mass is 32.2. The lowest BCUT2D eigenvalue weighted by atomic mass is 10.1. The molecule has 0 fully saturated rings. The van der Waals surface area contributed by atoms with E-state index in [1.807, 2.05) is 12.1 Å². The van der Waals surface area contributed by atoms with Crippen molar-refractivity contribution in [2.24, 2.45) is 0 Å². The third-order valence-corrected chi connectivity index (χ3v) is 5.15. The van der Waals surface area contributed by atoms with Crippen LogP contribution in [0.3, 0.4) is 0 Å². The minimum Gasteiger partial charge on any atom is -0.497 e. The van der Waals surface area contributed by atoms with Gasteiger partial charge in [-0.15, -0.1) is 0 Å². The first-order valence-electron chi connectivity index (χ1n) is 7.29. The van der Waals surface area contributed by atoms with Gasteiger partial charge in [0.1, 0.15) is 5.75 Å². The van der Waals surface area contributed by atoms with Crippen molar-refractivity contribution in [3.05, 3.63) is 48.0 Å². The van der Waals surface area contributed by atoms with Crippen LogP contribution in [-0.4, -0.2) is 29.7 Å². The predicted octanol–water partition coefficient (Wildman–Crippen LogP) is 2.75. The molecule has 130 valence electrons. The van der Waals surface area contributed by atoms with Gasteiger partial charge >= 0.3 is 0 Å². The molecule has 0 heterocycles. The second-order valence-electron chi connectivity index (χ2n) is 5.13. The van der Waals surface area contributed by atoms with Gasteiger partial charge in [0.25, 0.3) is 0 Å². The van der Waals surface area contributed by atoms with Crippen LogP contribution in [-0.2, 0) is 10.0 Å². The third-order valence-electron chi connectivity index (χ3n) is 3.61. The smallest absolute Gasteiger partial charge is 0.241 e. The van der Waals surface area contributed by atoms with Crippen LogP contribution < -0.4 is 18.9 Å². The largest absolute Gasteiger partial charge is 0.497 e. The van der Waals surface area contributed by atoms with E-state index in [0.717, 1.165) is 5.56 Å². The quantitative estimate of drug-likeness (QED) is 0.830. The first kappa shape index (κ1) is 18.1. The van der Waals surface area contributed by atoms with Gasteiger partial charge in [-0.05, 0) is 36.8 Å². The number of hydrogen-bond acceptors (Lipinski definition) is 5. The van der Waals surface area contributed by atoms with Crippen molar-refractivity contribution in [3.63, 3.8) is 0 Å². The van der Waals surface area contributed by atoms with Gasteiger partial charge in [-0.1, -0.05) is 12.1 Å². The van der Waals surface area contributed by atoms with Crippen LogP contribution in [0.4, 0.5) is 0 Å². The Morgan fingerprint density at radius 1 is 0.875 bits per heavy atom. The van der Waals surface area contributed by atoms with E-state index in [4.69, 9.17) is 14.2 Å². The summed E-state index contributed by atoms with van der Waals surface area (Å²) in [5.41, 5.74) is 0.833. The van der Waals surface area contributed by atoms with E-state index in [9.17, 15) is 8.42 Å². The fraction of sp³-hybridized carbons (Fsp3) is 0.294. The molecule has 0 radical (unpaired) electrons. The number of hydrogen-bond donors (Lipinski definition) is 1. The maximum absolute atomic E-state index is 12.6. The van der Waals surface area contributed by atoms with E-state index < -0.39 is 16.1 Å². The van der Waals surface area contributed by atoms with Gasteiger partial charge < -0.3 is 14.2 Å². The molecule has 2 aromatic rings. The molecule has 0 bridgehead atoms. The van der Waals surface area contributed by atoms with Gasteiger partial charge in [0.2, 0.25) is 10.0 Å². The number of rotatable bonds is 7. The van der Waals surface area contributed by atoms with Gasteiger partial charge in [0.05, 0.1) is 26.2 Å². The molecule has 0 aliphatic heterocycles. The van der Waals surface area contributed by atoms with Crippen molar-refractivity contribution in [1.82, 2.24) is 4.72 Å². The standard InChI is InChI=1S/C17H21NO5S/c1-12(13-5-7-14(21-2)8-6-13)18-24(19,20)15-9-10-16(22-3)17(11-15)23-4/h5-12,18H,1-4H3. The highest BCUT2D eigenvalue weighted by Gasteiger charge is 2.20.